The SMILES string of the molecule is CN1CCO[C@@H](CNC2CCCNc3ccccc32)[C@@H]1c1ccnn1C. The van der Waals surface area contributed by atoms with Crippen LogP contribution in [0.2, 0.25) is 0 Å². The third-order valence-corrected chi connectivity index (χ3v) is 5.65. The molecular weight excluding hydrogens is 326 g/mol. The lowest BCUT2D eigenvalue weighted by atomic mass is 9.99. The topological polar surface area (TPSA) is 54.4 Å². The van der Waals surface area contributed by atoms with Crippen molar-refractivity contribution < 1.29 is 4.74 Å². The van der Waals surface area contributed by atoms with Crippen molar-refractivity contribution in [1.29, 1.82) is 0 Å². The van der Waals surface area contributed by atoms with Crippen molar-refractivity contribution in [1.82, 2.24) is 20.0 Å². The van der Waals surface area contributed by atoms with Gasteiger partial charge in [-0.05, 0) is 37.6 Å². The largest absolute Gasteiger partial charge is 0.385 e. The number of ether oxygens (including phenoxy) is 1. The molecule has 3 heterocycles. The summed E-state index contributed by atoms with van der Waals surface area (Å²) >= 11 is 0. The highest BCUT2D eigenvalue weighted by Crippen LogP contribution is 2.31. The van der Waals surface area contributed by atoms with Crippen LogP contribution in [0.25, 0.3) is 0 Å². The average molecular weight is 355 g/mol. The molecular formula is C20H29N5O. The maximum Gasteiger partial charge on any atom is 0.0911 e. The smallest absolute Gasteiger partial charge is 0.0911 e. The van der Waals surface area contributed by atoms with Crippen molar-refractivity contribution >= 4 is 5.69 Å². The first-order valence-corrected chi connectivity index (χ1v) is 9.60. The molecule has 140 valence electrons. The summed E-state index contributed by atoms with van der Waals surface area (Å²) in [7, 11) is 4.19. The predicted molar refractivity (Wildman–Crippen MR) is 103 cm³/mol. The molecule has 1 saturated heterocycles. The summed E-state index contributed by atoms with van der Waals surface area (Å²) in [6, 6.07) is 11.3. The van der Waals surface area contributed by atoms with Crippen molar-refractivity contribution in [3.63, 3.8) is 0 Å². The second kappa shape index (κ2) is 7.78. The molecule has 0 amide bonds. The second-order valence-corrected chi connectivity index (χ2v) is 7.33. The fraction of sp³-hybridized carbons (Fsp3) is 0.550. The first-order valence-electron chi connectivity index (χ1n) is 9.60. The molecule has 2 aromatic rings. The van der Waals surface area contributed by atoms with Crippen molar-refractivity contribution in [3.05, 3.63) is 47.8 Å². The summed E-state index contributed by atoms with van der Waals surface area (Å²) in [6.45, 7) is 3.59. The molecule has 6 heteroatoms. The van der Waals surface area contributed by atoms with Crippen LogP contribution < -0.4 is 10.6 Å². The minimum atomic E-state index is 0.118. The highest BCUT2D eigenvalue weighted by molar-refractivity contribution is 5.53. The molecule has 0 radical (unpaired) electrons. The molecule has 1 aromatic carbocycles. The molecule has 2 aliphatic rings. The number of hydrogen-bond donors (Lipinski definition) is 2. The Morgan fingerprint density at radius 1 is 1.27 bits per heavy atom. The van der Waals surface area contributed by atoms with Crippen LogP contribution >= 0.6 is 0 Å². The van der Waals surface area contributed by atoms with Gasteiger partial charge in [-0.25, -0.2) is 0 Å². The van der Waals surface area contributed by atoms with E-state index in [4.69, 9.17) is 4.74 Å². The fourth-order valence-electron chi connectivity index (χ4n) is 4.24. The van der Waals surface area contributed by atoms with E-state index in [1.165, 1.54) is 23.4 Å². The molecule has 6 nitrogen and oxygen atoms in total. The van der Waals surface area contributed by atoms with E-state index in [0.717, 1.165) is 32.7 Å². The number of likely N-dealkylation sites (N-methyl/N-ethyl adjacent to an activating group) is 1. The van der Waals surface area contributed by atoms with Crippen molar-refractivity contribution in [2.75, 3.05) is 38.6 Å². The minimum Gasteiger partial charge on any atom is -0.385 e. The predicted octanol–water partition coefficient (Wildman–Crippen LogP) is 2.33. The Balaban J connectivity index is 1.50. The highest BCUT2D eigenvalue weighted by Gasteiger charge is 2.33. The molecule has 1 aromatic heterocycles. The number of nitrogens with zero attached hydrogens (tertiary/aromatic N) is 3. The monoisotopic (exact) mass is 355 g/mol. The number of rotatable bonds is 4. The summed E-state index contributed by atoms with van der Waals surface area (Å²) in [5, 5.41) is 11.7. The van der Waals surface area contributed by atoms with Gasteiger partial charge in [0.1, 0.15) is 0 Å². The van der Waals surface area contributed by atoms with Crippen molar-refractivity contribution in [3.8, 4) is 0 Å². The number of aryl methyl sites for hydroxylation is 1. The van der Waals surface area contributed by atoms with E-state index >= 15 is 0 Å². The van der Waals surface area contributed by atoms with Gasteiger partial charge in [0.2, 0.25) is 0 Å². The fourth-order valence-corrected chi connectivity index (χ4v) is 4.24. The molecule has 26 heavy (non-hydrogen) atoms. The zero-order valence-electron chi connectivity index (χ0n) is 15.7. The van der Waals surface area contributed by atoms with Gasteiger partial charge in [0.05, 0.1) is 24.4 Å². The number of para-hydroxylation sites is 1. The van der Waals surface area contributed by atoms with Gasteiger partial charge < -0.3 is 15.4 Å². The number of nitrogens with one attached hydrogen (secondary N) is 2. The van der Waals surface area contributed by atoms with Gasteiger partial charge in [-0.2, -0.15) is 5.10 Å². The van der Waals surface area contributed by atoms with Crippen molar-refractivity contribution in [2.45, 2.75) is 31.0 Å². The van der Waals surface area contributed by atoms with Crippen LogP contribution in [0.15, 0.2) is 36.5 Å². The van der Waals surface area contributed by atoms with E-state index in [2.05, 4.69) is 58.0 Å². The van der Waals surface area contributed by atoms with Gasteiger partial charge in [-0.1, -0.05) is 18.2 Å². The molecule has 4 rings (SSSR count). The lowest BCUT2D eigenvalue weighted by Gasteiger charge is -2.39. The zero-order valence-corrected chi connectivity index (χ0v) is 15.7. The molecule has 0 bridgehead atoms. The molecule has 2 aliphatic heterocycles. The van der Waals surface area contributed by atoms with Gasteiger partial charge in [-0.15, -0.1) is 0 Å². The number of fused-ring (bicyclic) bond motifs is 1. The molecule has 0 spiro atoms. The Labute approximate surface area is 155 Å². The Morgan fingerprint density at radius 2 is 2.15 bits per heavy atom. The van der Waals surface area contributed by atoms with E-state index in [1.807, 2.05) is 17.9 Å². The molecule has 2 N–H and O–H groups in total. The van der Waals surface area contributed by atoms with Crippen LogP contribution in [-0.2, 0) is 11.8 Å². The summed E-state index contributed by atoms with van der Waals surface area (Å²) in [5.74, 6) is 0. The first kappa shape index (κ1) is 17.5. The van der Waals surface area contributed by atoms with Gasteiger partial charge >= 0.3 is 0 Å². The quantitative estimate of drug-likeness (QED) is 0.882. The summed E-state index contributed by atoms with van der Waals surface area (Å²) in [4.78, 5) is 2.38. The Kier molecular flexibility index (Phi) is 5.24. The van der Waals surface area contributed by atoms with Gasteiger partial charge in [-0.3, -0.25) is 9.58 Å². The van der Waals surface area contributed by atoms with Gasteiger partial charge in [0, 0.05) is 44.6 Å². The third-order valence-electron chi connectivity index (χ3n) is 5.65. The second-order valence-electron chi connectivity index (χ2n) is 7.33. The number of anilines is 1. The Bertz CT molecular complexity index is 730. The van der Waals surface area contributed by atoms with E-state index in [1.54, 1.807) is 0 Å². The lowest BCUT2D eigenvalue weighted by Crippen LogP contribution is -2.48. The molecule has 0 saturated carbocycles. The highest BCUT2D eigenvalue weighted by atomic mass is 16.5. The van der Waals surface area contributed by atoms with E-state index in [-0.39, 0.29) is 12.1 Å². The minimum absolute atomic E-state index is 0.118. The molecule has 3 atom stereocenters. The van der Waals surface area contributed by atoms with E-state index in [9.17, 15) is 0 Å². The van der Waals surface area contributed by atoms with Crippen molar-refractivity contribution in [2.24, 2.45) is 7.05 Å². The summed E-state index contributed by atoms with van der Waals surface area (Å²) in [5.41, 5.74) is 3.83. The van der Waals surface area contributed by atoms with Crippen LogP contribution in [0, 0.1) is 0 Å². The standard InChI is InChI=1S/C20H29N5O/c1-24-12-13-26-19(20(24)18-9-11-23-25(18)2)14-22-17-8-5-10-21-16-7-4-3-6-15(16)17/h3-4,6-7,9,11,17,19-22H,5,8,10,12-14H2,1-2H3/t17?,19-,20-/m0/s1. The summed E-state index contributed by atoms with van der Waals surface area (Å²) in [6.07, 6.45) is 4.30. The summed E-state index contributed by atoms with van der Waals surface area (Å²) < 4.78 is 8.16. The van der Waals surface area contributed by atoms with Crippen LogP contribution in [0.3, 0.4) is 0 Å². The maximum absolute atomic E-state index is 6.19. The van der Waals surface area contributed by atoms with E-state index < -0.39 is 0 Å². The maximum atomic E-state index is 6.19. The third kappa shape index (κ3) is 3.49. The van der Waals surface area contributed by atoms with E-state index in [0.29, 0.717) is 6.04 Å². The number of aromatic nitrogens is 2. The van der Waals surface area contributed by atoms with Crippen LogP contribution in [0.4, 0.5) is 5.69 Å². The molecule has 1 unspecified atom stereocenters. The molecule has 1 fully saturated rings. The normalized spacial score (nSPS) is 26.8. The van der Waals surface area contributed by atoms with Crippen LogP contribution in [0.5, 0.6) is 0 Å². The van der Waals surface area contributed by atoms with Gasteiger partial charge in [0.15, 0.2) is 0 Å². The zero-order chi connectivity index (χ0) is 17.9. The molecule has 0 aliphatic carbocycles. The Morgan fingerprint density at radius 3 is 3.00 bits per heavy atom. The first-order chi connectivity index (χ1) is 12.7. The lowest BCUT2D eigenvalue weighted by molar-refractivity contribution is -0.0648. The number of benzene rings is 1. The van der Waals surface area contributed by atoms with Gasteiger partial charge in [0.25, 0.3) is 0 Å². The Hall–Kier alpha value is -1.89. The number of hydrogen-bond acceptors (Lipinski definition) is 5. The van der Waals surface area contributed by atoms with Crippen LogP contribution in [0.1, 0.15) is 36.2 Å². The van der Waals surface area contributed by atoms with Crippen LogP contribution in [-0.4, -0.2) is 54.1 Å². The number of morpholine rings is 1. The average Bonchev–Trinajstić information content (AvgIpc) is 2.96.